The highest BCUT2D eigenvalue weighted by atomic mass is 19.1. The minimum absolute atomic E-state index is 0.0744. The number of likely N-dealkylation sites (tertiary alicyclic amines) is 1. The van der Waals surface area contributed by atoms with Crippen molar-refractivity contribution >= 4 is 5.91 Å². The Balaban J connectivity index is 1.82. The molecule has 0 aliphatic carbocycles. The van der Waals surface area contributed by atoms with E-state index in [1.54, 1.807) is 14.0 Å². The van der Waals surface area contributed by atoms with Crippen molar-refractivity contribution in [3.05, 3.63) is 65.0 Å². The van der Waals surface area contributed by atoms with Gasteiger partial charge in [-0.2, -0.15) is 0 Å². The van der Waals surface area contributed by atoms with E-state index in [4.69, 9.17) is 4.74 Å². The Morgan fingerprint density at radius 2 is 2.07 bits per heavy atom. The van der Waals surface area contributed by atoms with Crippen LogP contribution in [0.2, 0.25) is 0 Å². The van der Waals surface area contributed by atoms with Crippen LogP contribution in [0.1, 0.15) is 36.0 Å². The number of ether oxygens (including phenoxy) is 1. The van der Waals surface area contributed by atoms with Gasteiger partial charge in [0.15, 0.2) is 0 Å². The van der Waals surface area contributed by atoms with Crippen molar-refractivity contribution in [2.45, 2.75) is 32.7 Å². The van der Waals surface area contributed by atoms with Gasteiger partial charge in [-0.3, -0.25) is 9.69 Å². The average molecular weight is 384 g/mol. The van der Waals surface area contributed by atoms with E-state index in [2.05, 4.69) is 16.3 Å². The number of halogens is 1. The summed E-state index contributed by atoms with van der Waals surface area (Å²) in [6, 6.07) is 13.3. The van der Waals surface area contributed by atoms with E-state index in [1.807, 2.05) is 37.3 Å². The molecule has 1 aliphatic heterocycles. The molecule has 150 valence electrons. The molecule has 1 heterocycles. The van der Waals surface area contributed by atoms with Crippen LogP contribution in [0.5, 0.6) is 5.75 Å². The fourth-order valence-corrected chi connectivity index (χ4v) is 4.02. The van der Waals surface area contributed by atoms with Crippen molar-refractivity contribution in [1.29, 1.82) is 0 Å². The van der Waals surface area contributed by atoms with Gasteiger partial charge in [0.25, 0.3) is 0 Å². The van der Waals surface area contributed by atoms with Crippen LogP contribution in [0.4, 0.5) is 4.39 Å². The number of nitrogens with one attached hydrogen (secondary N) is 1. The van der Waals surface area contributed by atoms with Crippen LogP contribution in [0.15, 0.2) is 42.5 Å². The van der Waals surface area contributed by atoms with E-state index in [1.165, 1.54) is 6.07 Å². The number of aryl methyl sites for hydroxylation is 1. The molecule has 0 spiro atoms. The molecule has 1 saturated heterocycles. The van der Waals surface area contributed by atoms with Crippen molar-refractivity contribution in [1.82, 2.24) is 10.2 Å². The lowest BCUT2D eigenvalue weighted by molar-refractivity contribution is -0.127. The summed E-state index contributed by atoms with van der Waals surface area (Å²) < 4.78 is 19.1. The Bertz CT molecular complexity index is 824. The van der Waals surface area contributed by atoms with Gasteiger partial charge in [0, 0.05) is 26.2 Å². The van der Waals surface area contributed by atoms with Crippen molar-refractivity contribution in [2.24, 2.45) is 5.92 Å². The monoisotopic (exact) mass is 384 g/mol. The highest BCUT2D eigenvalue weighted by Crippen LogP contribution is 2.32. The van der Waals surface area contributed by atoms with E-state index in [-0.39, 0.29) is 23.6 Å². The number of piperidine rings is 1. The molecule has 5 heteroatoms. The van der Waals surface area contributed by atoms with E-state index >= 15 is 0 Å². The number of hydrogen-bond acceptors (Lipinski definition) is 3. The number of nitrogens with zero attached hydrogens (tertiary/aromatic N) is 1. The smallest absolute Gasteiger partial charge is 0.224 e. The zero-order chi connectivity index (χ0) is 20.1. The van der Waals surface area contributed by atoms with Crippen molar-refractivity contribution < 1.29 is 13.9 Å². The highest BCUT2D eigenvalue weighted by Gasteiger charge is 2.32. The highest BCUT2D eigenvalue weighted by molar-refractivity contribution is 5.79. The van der Waals surface area contributed by atoms with Gasteiger partial charge in [-0.1, -0.05) is 24.3 Å². The number of rotatable bonds is 6. The summed E-state index contributed by atoms with van der Waals surface area (Å²) in [6.07, 6.45) is 0.783. The molecular weight excluding hydrogens is 355 g/mol. The van der Waals surface area contributed by atoms with Crippen molar-refractivity contribution in [3.8, 4) is 5.75 Å². The van der Waals surface area contributed by atoms with Gasteiger partial charge < -0.3 is 10.1 Å². The lowest BCUT2D eigenvalue weighted by atomic mass is 9.83. The van der Waals surface area contributed by atoms with Crippen LogP contribution < -0.4 is 10.1 Å². The quantitative estimate of drug-likeness (QED) is 0.822. The molecule has 3 rings (SSSR count). The Hall–Kier alpha value is -2.40. The van der Waals surface area contributed by atoms with Crippen LogP contribution >= 0.6 is 0 Å². The zero-order valence-electron chi connectivity index (χ0n) is 16.9. The van der Waals surface area contributed by atoms with Gasteiger partial charge in [0.1, 0.15) is 11.6 Å². The van der Waals surface area contributed by atoms with E-state index in [0.29, 0.717) is 12.1 Å². The van der Waals surface area contributed by atoms with Gasteiger partial charge in [0.2, 0.25) is 5.91 Å². The van der Waals surface area contributed by atoms with E-state index in [0.717, 1.165) is 42.9 Å². The number of carbonyl (C=O) groups excluding carboxylic acids is 1. The van der Waals surface area contributed by atoms with Crippen LogP contribution in [0, 0.1) is 18.7 Å². The summed E-state index contributed by atoms with van der Waals surface area (Å²) in [5, 5.41) is 2.96. The fraction of sp³-hybridized carbons (Fsp3) is 0.435. The molecule has 0 bridgehead atoms. The molecule has 1 fully saturated rings. The van der Waals surface area contributed by atoms with Gasteiger partial charge in [-0.05, 0) is 61.1 Å². The normalized spacial score (nSPS) is 20.0. The van der Waals surface area contributed by atoms with Crippen LogP contribution in [0.3, 0.4) is 0 Å². The summed E-state index contributed by atoms with van der Waals surface area (Å²) in [5.74, 6) is 0.871. The molecule has 4 nitrogen and oxygen atoms in total. The molecule has 1 N–H and O–H groups in total. The Morgan fingerprint density at radius 1 is 1.25 bits per heavy atom. The molecule has 1 amide bonds. The number of carbonyl (C=O) groups is 1. The molecular formula is C23H29FN2O2. The largest absolute Gasteiger partial charge is 0.497 e. The summed E-state index contributed by atoms with van der Waals surface area (Å²) >= 11 is 0. The first-order valence-electron chi connectivity index (χ1n) is 9.89. The molecule has 2 atom stereocenters. The number of amides is 1. The molecule has 1 aliphatic rings. The zero-order valence-corrected chi connectivity index (χ0v) is 16.9. The fourth-order valence-electron chi connectivity index (χ4n) is 4.02. The van der Waals surface area contributed by atoms with Crippen LogP contribution in [-0.2, 0) is 11.3 Å². The maximum atomic E-state index is 13.7. The second-order valence-corrected chi connectivity index (χ2v) is 7.58. The SMILES string of the molecule is CCNC(=O)[C@@H]1C[C@@H](c2ccc(F)c(C)c2)CN(Cc2cccc(OC)c2)C1. The number of benzene rings is 2. The maximum Gasteiger partial charge on any atom is 0.224 e. The molecule has 0 saturated carbocycles. The summed E-state index contributed by atoms with van der Waals surface area (Å²) in [7, 11) is 1.66. The molecule has 0 radical (unpaired) electrons. The molecule has 28 heavy (non-hydrogen) atoms. The van der Waals surface area contributed by atoms with Crippen molar-refractivity contribution in [3.63, 3.8) is 0 Å². The van der Waals surface area contributed by atoms with Gasteiger partial charge >= 0.3 is 0 Å². The topological polar surface area (TPSA) is 41.6 Å². The third-order valence-corrected chi connectivity index (χ3v) is 5.44. The average Bonchev–Trinajstić information content (AvgIpc) is 2.70. The maximum absolute atomic E-state index is 13.7. The van der Waals surface area contributed by atoms with Gasteiger partial charge in [-0.25, -0.2) is 4.39 Å². The first kappa shape index (κ1) is 20.3. The molecule has 0 unspecified atom stereocenters. The third-order valence-electron chi connectivity index (χ3n) is 5.44. The Labute approximate surface area is 166 Å². The van der Waals surface area contributed by atoms with Gasteiger partial charge in [0.05, 0.1) is 13.0 Å². The van der Waals surface area contributed by atoms with E-state index < -0.39 is 0 Å². The summed E-state index contributed by atoms with van der Waals surface area (Å²) in [4.78, 5) is 14.9. The second-order valence-electron chi connectivity index (χ2n) is 7.58. The van der Waals surface area contributed by atoms with Crippen LogP contribution in [-0.4, -0.2) is 37.6 Å². The first-order chi connectivity index (χ1) is 13.5. The second kappa shape index (κ2) is 9.20. The number of hydrogen-bond donors (Lipinski definition) is 1. The minimum atomic E-state index is -0.187. The summed E-state index contributed by atoms with van der Waals surface area (Å²) in [5.41, 5.74) is 2.91. The lowest BCUT2D eigenvalue weighted by Gasteiger charge is -2.37. The Kier molecular flexibility index (Phi) is 6.68. The summed E-state index contributed by atoms with van der Waals surface area (Å²) in [6.45, 7) is 6.68. The first-order valence-corrected chi connectivity index (χ1v) is 9.89. The Morgan fingerprint density at radius 3 is 2.79 bits per heavy atom. The molecule has 0 aromatic heterocycles. The minimum Gasteiger partial charge on any atom is -0.497 e. The lowest BCUT2D eigenvalue weighted by Crippen LogP contribution is -2.45. The predicted octanol–water partition coefficient (Wildman–Crippen LogP) is 3.88. The number of methoxy groups -OCH3 is 1. The predicted molar refractivity (Wildman–Crippen MR) is 109 cm³/mol. The molecule has 2 aromatic carbocycles. The standard InChI is InChI=1S/C23H29FN2O2/c1-4-25-23(27)20-12-19(18-8-9-22(24)16(2)10-18)14-26(15-20)13-17-6-5-7-21(11-17)28-3/h5-11,19-20H,4,12-15H2,1-3H3,(H,25,27)/t19-,20-/m1/s1. The van der Waals surface area contributed by atoms with Crippen LogP contribution in [0.25, 0.3) is 0 Å². The van der Waals surface area contributed by atoms with E-state index in [9.17, 15) is 9.18 Å². The van der Waals surface area contributed by atoms with Crippen molar-refractivity contribution in [2.75, 3.05) is 26.7 Å². The third kappa shape index (κ3) is 4.90. The molecule has 2 aromatic rings. The van der Waals surface area contributed by atoms with Gasteiger partial charge in [-0.15, -0.1) is 0 Å².